The van der Waals surface area contributed by atoms with Crippen molar-refractivity contribution in [3.05, 3.63) is 34.9 Å². The first-order valence-electron chi connectivity index (χ1n) is 5.64. The third kappa shape index (κ3) is 2.38. The van der Waals surface area contributed by atoms with Crippen LogP contribution in [0.2, 0.25) is 5.02 Å². The van der Waals surface area contributed by atoms with Crippen LogP contribution in [0.5, 0.6) is 0 Å². The second kappa shape index (κ2) is 4.88. The zero-order valence-corrected chi connectivity index (χ0v) is 9.78. The molecule has 2 unspecified atom stereocenters. The molecule has 2 rings (SSSR count). The Hall–Kier alpha value is -1.02. The number of aliphatic carboxylic acids is 1. The molecule has 0 aromatic heterocycles. The van der Waals surface area contributed by atoms with Crippen LogP contribution in [0.3, 0.4) is 0 Å². The molecule has 0 bridgehead atoms. The van der Waals surface area contributed by atoms with Gasteiger partial charge in [-0.2, -0.15) is 0 Å². The molecule has 1 fully saturated rings. The largest absolute Gasteiger partial charge is 0.481 e. The van der Waals surface area contributed by atoms with E-state index in [2.05, 4.69) is 0 Å². The zero-order chi connectivity index (χ0) is 11.5. The van der Waals surface area contributed by atoms with E-state index in [0.29, 0.717) is 0 Å². The van der Waals surface area contributed by atoms with Gasteiger partial charge in [-0.25, -0.2) is 0 Å². The number of carboxylic acids is 1. The first kappa shape index (κ1) is 11.5. The Kier molecular flexibility index (Phi) is 3.49. The van der Waals surface area contributed by atoms with E-state index < -0.39 is 5.97 Å². The molecule has 0 aliphatic heterocycles. The summed E-state index contributed by atoms with van der Waals surface area (Å²) in [6, 6.07) is 7.70. The molecule has 16 heavy (non-hydrogen) atoms. The second-order valence-electron chi connectivity index (χ2n) is 4.43. The molecular formula is C13H15ClO2. The molecule has 1 aliphatic carbocycles. The maximum absolute atomic E-state index is 11.1. The summed E-state index contributed by atoms with van der Waals surface area (Å²) in [6.07, 6.45) is 3.62. The third-order valence-electron chi connectivity index (χ3n) is 3.42. The molecule has 0 radical (unpaired) electrons. The maximum Gasteiger partial charge on any atom is 0.306 e. The molecular weight excluding hydrogens is 224 g/mol. The lowest BCUT2D eigenvalue weighted by Crippen LogP contribution is -2.20. The topological polar surface area (TPSA) is 37.3 Å². The van der Waals surface area contributed by atoms with Crippen molar-refractivity contribution in [1.29, 1.82) is 0 Å². The van der Waals surface area contributed by atoms with E-state index in [4.69, 9.17) is 16.7 Å². The molecule has 1 aromatic rings. The van der Waals surface area contributed by atoms with E-state index in [9.17, 15) is 4.79 Å². The summed E-state index contributed by atoms with van der Waals surface area (Å²) in [6.45, 7) is 0. The van der Waals surface area contributed by atoms with Crippen molar-refractivity contribution in [3.63, 3.8) is 0 Å². The number of rotatable bonds is 3. The van der Waals surface area contributed by atoms with E-state index in [1.54, 1.807) is 0 Å². The molecule has 1 aromatic carbocycles. The van der Waals surface area contributed by atoms with Crippen LogP contribution in [0.15, 0.2) is 24.3 Å². The summed E-state index contributed by atoms with van der Waals surface area (Å²) < 4.78 is 0. The lowest BCUT2D eigenvalue weighted by atomic mass is 9.90. The lowest BCUT2D eigenvalue weighted by Gasteiger charge is -2.16. The second-order valence-corrected chi connectivity index (χ2v) is 4.84. The van der Waals surface area contributed by atoms with Gasteiger partial charge >= 0.3 is 5.97 Å². The highest BCUT2D eigenvalue weighted by atomic mass is 35.5. The summed E-state index contributed by atoms with van der Waals surface area (Å²) >= 11 is 6.08. The molecule has 2 nitrogen and oxygen atoms in total. The summed E-state index contributed by atoms with van der Waals surface area (Å²) in [5, 5.41) is 9.85. The predicted molar refractivity (Wildman–Crippen MR) is 63.6 cm³/mol. The molecule has 1 N–H and O–H groups in total. The zero-order valence-electron chi connectivity index (χ0n) is 9.03. The number of hydrogen-bond donors (Lipinski definition) is 1. The molecule has 3 heteroatoms. The highest BCUT2D eigenvalue weighted by Gasteiger charge is 2.32. The predicted octanol–water partition coefficient (Wildman–Crippen LogP) is 3.38. The van der Waals surface area contributed by atoms with Crippen LogP contribution in [0.4, 0.5) is 0 Å². The number of benzene rings is 1. The first-order chi connectivity index (χ1) is 7.68. The summed E-state index contributed by atoms with van der Waals surface area (Å²) in [5.41, 5.74) is 1.07. The van der Waals surface area contributed by atoms with Gasteiger partial charge in [-0.15, -0.1) is 0 Å². The quantitative estimate of drug-likeness (QED) is 0.877. The van der Waals surface area contributed by atoms with Crippen molar-refractivity contribution >= 4 is 17.6 Å². The van der Waals surface area contributed by atoms with Crippen molar-refractivity contribution in [2.45, 2.75) is 25.7 Å². The van der Waals surface area contributed by atoms with Crippen LogP contribution in [-0.2, 0) is 11.2 Å². The Morgan fingerprint density at radius 2 is 2.12 bits per heavy atom. The van der Waals surface area contributed by atoms with Gasteiger partial charge in [-0.1, -0.05) is 36.2 Å². The minimum absolute atomic E-state index is 0.184. The van der Waals surface area contributed by atoms with Gasteiger partial charge in [-0.3, -0.25) is 4.79 Å². The van der Waals surface area contributed by atoms with Crippen LogP contribution in [0, 0.1) is 11.8 Å². The molecule has 86 valence electrons. The number of halogens is 1. The minimum Gasteiger partial charge on any atom is -0.481 e. The van der Waals surface area contributed by atoms with Gasteiger partial charge in [0.25, 0.3) is 0 Å². The average molecular weight is 239 g/mol. The standard InChI is InChI=1S/C13H15ClO2/c14-12-7-2-1-4-10(12)8-9-5-3-6-11(9)13(15)16/h1-2,4,7,9,11H,3,5-6,8H2,(H,15,16). The molecule has 0 saturated heterocycles. The van der Waals surface area contributed by atoms with Crippen LogP contribution in [0.25, 0.3) is 0 Å². The van der Waals surface area contributed by atoms with E-state index in [1.807, 2.05) is 24.3 Å². The highest BCUT2D eigenvalue weighted by Crippen LogP contribution is 2.35. The smallest absolute Gasteiger partial charge is 0.306 e. The number of hydrogen-bond acceptors (Lipinski definition) is 1. The maximum atomic E-state index is 11.1. The Labute approximate surface area is 100 Å². The average Bonchev–Trinajstić information content (AvgIpc) is 2.69. The van der Waals surface area contributed by atoms with Gasteiger partial charge in [0.2, 0.25) is 0 Å². The molecule has 0 amide bonds. The lowest BCUT2D eigenvalue weighted by molar-refractivity contribution is -0.142. The van der Waals surface area contributed by atoms with Crippen LogP contribution in [0.1, 0.15) is 24.8 Å². The van der Waals surface area contributed by atoms with Crippen LogP contribution < -0.4 is 0 Å². The number of carboxylic acid groups (broad SMARTS) is 1. The Bertz CT molecular complexity index is 389. The van der Waals surface area contributed by atoms with Crippen LogP contribution in [-0.4, -0.2) is 11.1 Å². The first-order valence-corrected chi connectivity index (χ1v) is 6.02. The number of carbonyl (C=O) groups is 1. The van der Waals surface area contributed by atoms with E-state index in [0.717, 1.165) is 36.3 Å². The van der Waals surface area contributed by atoms with Gasteiger partial charge in [0.05, 0.1) is 5.92 Å². The van der Waals surface area contributed by atoms with Gasteiger partial charge < -0.3 is 5.11 Å². The Morgan fingerprint density at radius 1 is 1.38 bits per heavy atom. The van der Waals surface area contributed by atoms with Crippen molar-refractivity contribution in [1.82, 2.24) is 0 Å². The van der Waals surface area contributed by atoms with E-state index >= 15 is 0 Å². The monoisotopic (exact) mass is 238 g/mol. The molecule has 0 spiro atoms. The summed E-state index contributed by atoms with van der Waals surface area (Å²) in [4.78, 5) is 11.1. The van der Waals surface area contributed by atoms with Crippen molar-refractivity contribution in [2.24, 2.45) is 11.8 Å². The van der Waals surface area contributed by atoms with Crippen LogP contribution >= 0.6 is 11.6 Å². The third-order valence-corrected chi connectivity index (χ3v) is 3.78. The van der Waals surface area contributed by atoms with E-state index in [1.165, 1.54) is 0 Å². The Balaban J connectivity index is 2.10. The molecule has 0 heterocycles. The van der Waals surface area contributed by atoms with Gasteiger partial charge in [0.15, 0.2) is 0 Å². The van der Waals surface area contributed by atoms with E-state index in [-0.39, 0.29) is 11.8 Å². The fourth-order valence-electron chi connectivity index (χ4n) is 2.55. The molecule has 1 aliphatic rings. The normalized spacial score (nSPS) is 24.6. The molecule has 2 atom stereocenters. The van der Waals surface area contributed by atoms with Gasteiger partial charge in [0.1, 0.15) is 0 Å². The summed E-state index contributed by atoms with van der Waals surface area (Å²) in [5.74, 6) is -0.594. The summed E-state index contributed by atoms with van der Waals surface area (Å²) in [7, 11) is 0. The Morgan fingerprint density at radius 3 is 2.81 bits per heavy atom. The van der Waals surface area contributed by atoms with Crippen molar-refractivity contribution in [2.75, 3.05) is 0 Å². The highest BCUT2D eigenvalue weighted by molar-refractivity contribution is 6.31. The van der Waals surface area contributed by atoms with Crippen molar-refractivity contribution < 1.29 is 9.90 Å². The SMILES string of the molecule is O=C(O)C1CCCC1Cc1ccccc1Cl. The fraction of sp³-hybridized carbons (Fsp3) is 0.462. The van der Waals surface area contributed by atoms with Gasteiger partial charge in [0, 0.05) is 5.02 Å². The minimum atomic E-state index is -0.658. The molecule has 1 saturated carbocycles. The fourth-order valence-corrected chi connectivity index (χ4v) is 2.77. The van der Waals surface area contributed by atoms with Gasteiger partial charge in [-0.05, 0) is 36.8 Å². The van der Waals surface area contributed by atoms with Crippen molar-refractivity contribution in [3.8, 4) is 0 Å².